The molecule has 0 spiro atoms. The van der Waals surface area contributed by atoms with E-state index in [0.717, 1.165) is 23.0 Å². The highest BCUT2D eigenvalue weighted by Gasteiger charge is 2.14. The third-order valence-electron chi connectivity index (χ3n) is 3.12. The van der Waals surface area contributed by atoms with Crippen molar-refractivity contribution >= 4 is 28.1 Å². The quantitative estimate of drug-likeness (QED) is 0.798. The molecule has 3 aromatic rings. The molecule has 0 bridgehead atoms. The van der Waals surface area contributed by atoms with Crippen molar-refractivity contribution in [1.82, 2.24) is 20.1 Å². The van der Waals surface area contributed by atoms with Gasteiger partial charge in [-0.15, -0.1) is 11.3 Å². The number of aryl methyl sites for hydroxylation is 1. The van der Waals surface area contributed by atoms with Crippen LogP contribution in [0.1, 0.15) is 16.2 Å². The van der Waals surface area contributed by atoms with Crippen LogP contribution in [-0.2, 0) is 13.5 Å². The van der Waals surface area contributed by atoms with Crippen LogP contribution in [0.25, 0.3) is 10.9 Å². The van der Waals surface area contributed by atoms with Gasteiger partial charge in [0.1, 0.15) is 0 Å². The second kappa shape index (κ2) is 5.42. The maximum absolute atomic E-state index is 12.2. The molecule has 0 radical (unpaired) electrons. The molecule has 0 unspecified atom stereocenters. The van der Waals surface area contributed by atoms with Gasteiger partial charge in [-0.2, -0.15) is 5.10 Å². The normalized spacial score (nSPS) is 10.8. The van der Waals surface area contributed by atoms with E-state index in [-0.39, 0.29) is 5.91 Å². The van der Waals surface area contributed by atoms with Gasteiger partial charge >= 0.3 is 0 Å². The van der Waals surface area contributed by atoms with E-state index in [9.17, 15) is 4.79 Å². The minimum atomic E-state index is -0.142. The molecule has 1 amide bonds. The molecular weight excluding hydrogens is 272 g/mol. The van der Waals surface area contributed by atoms with Gasteiger partial charge in [-0.3, -0.25) is 9.48 Å². The van der Waals surface area contributed by atoms with Crippen LogP contribution in [-0.4, -0.2) is 27.2 Å². The molecule has 0 fully saturated rings. The summed E-state index contributed by atoms with van der Waals surface area (Å²) in [5.74, 6) is -0.142. The van der Waals surface area contributed by atoms with Crippen LogP contribution in [0.2, 0.25) is 0 Å². The van der Waals surface area contributed by atoms with Crippen LogP contribution in [0.3, 0.4) is 0 Å². The molecule has 0 aliphatic rings. The molecule has 102 valence electrons. The molecule has 1 N–H and O–H groups in total. The zero-order valence-electron chi connectivity index (χ0n) is 11.0. The smallest absolute Gasteiger partial charge is 0.272 e. The van der Waals surface area contributed by atoms with Gasteiger partial charge in [-0.25, -0.2) is 4.98 Å². The number of carbonyl (C=O) groups is 1. The van der Waals surface area contributed by atoms with Crippen LogP contribution in [0.5, 0.6) is 0 Å². The summed E-state index contributed by atoms with van der Waals surface area (Å²) in [5.41, 5.74) is 4.23. The van der Waals surface area contributed by atoms with Crippen LogP contribution in [0, 0.1) is 0 Å². The predicted molar refractivity (Wildman–Crippen MR) is 78.9 cm³/mol. The summed E-state index contributed by atoms with van der Waals surface area (Å²) in [5, 5.41) is 10.1. The Hall–Kier alpha value is -2.21. The fraction of sp³-hybridized carbons (Fsp3) is 0.214. The molecule has 0 atom stereocenters. The lowest BCUT2D eigenvalue weighted by Crippen LogP contribution is -2.26. The van der Waals surface area contributed by atoms with Crippen LogP contribution in [0.15, 0.2) is 35.2 Å². The Morgan fingerprint density at radius 1 is 1.40 bits per heavy atom. The Labute approximate surface area is 120 Å². The Morgan fingerprint density at radius 3 is 3.05 bits per heavy atom. The molecule has 1 aromatic carbocycles. The van der Waals surface area contributed by atoms with Gasteiger partial charge in [0.2, 0.25) is 0 Å². The van der Waals surface area contributed by atoms with Gasteiger partial charge in [-0.1, -0.05) is 18.2 Å². The molecule has 20 heavy (non-hydrogen) atoms. The standard InChI is InChI=1S/C14H14N4OS/c1-18-12-5-3-2-4-11(12)13(17-18)14(19)15-7-6-10-8-20-9-16-10/h2-5,8-9H,6-7H2,1H3,(H,15,19). The summed E-state index contributed by atoms with van der Waals surface area (Å²) in [4.78, 5) is 16.4. The number of fused-ring (bicyclic) bond motifs is 1. The van der Waals surface area contributed by atoms with Gasteiger partial charge in [0.05, 0.1) is 16.7 Å². The minimum absolute atomic E-state index is 0.142. The third kappa shape index (κ3) is 2.42. The van der Waals surface area contributed by atoms with Gasteiger partial charge in [0.15, 0.2) is 5.69 Å². The first kappa shape index (κ1) is 12.8. The number of hydrogen-bond donors (Lipinski definition) is 1. The summed E-state index contributed by atoms with van der Waals surface area (Å²) in [7, 11) is 1.84. The molecule has 0 aliphatic heterocycles. The molecule has 5 nitrogen and oxygen atoms in total. The summed E-state index contributed by atoms with van der Waals surface area (Å²) in [6, 6.07) is 7.72. The topological polar surface area (TPSA) is 59.8 Å². The predicted octanol–water partition coefficient (Wildman–Crippen LogP) is 2.00. The van der Waals surface area contributed by atoms with E-state index in [1.807, 2.05) is 36.7 Å². The second-order valence-electron chi connectivity index (χ2n) is 4.48. The number of rotatable bonds is 4. The number of carbonyl (C=O) groups excluding carboxylic acids is 1. The molecule has 3 rings (SSSR count). The Kier molecular flexibility index (Phi) is 3.47. The fourth-order valence-electron chi connectivity index (χ4n) is 2.13. The van der Waals surface area contributed by atoms with Gasteiger partial charge in [0, 0.05) is 30.8 Å². The SMILES string of the molecule is Cn1nc(C(=O)NCCc2cscn2)c2ccccc21. The van der Waals surface area contributed by atoms with E-state index in [0.29, 0.717) is 12.2 Å². The van der Waals surface area contributed by atoms with E-state index in [1.165, 1.54) is 0 Å². The average molecular weight is 286 g/mol. The van der Waals surface area contributed by atoms with Crippen molar-refractivity contribution in [1.29, 1.82) is 0 Å². The maximum Gasteiger partial charge on any atom is 0.272 e. The number of nitrogens with zero attached hydrogens (tertiary/aromatic N) is 3. The summed E-state index contributed by atoms with van der Waals surface area (Å²) in [6.45, 7) is 0.563. The van der Waals surface area contributed by atoms with E-state index < -0.39 is 0 Å². The van der Waals surface area contributed by atoms with E-state index in [4.69, 9.17) is 0 Å². The lowest BCUT2D eigenvalue weighted by atomic mass is 10.2. The summed E-state index contributed by atoms with van der Waals surface area (Å²) < 4.78 is 1.73. The maximum atomic E-state index is 12.2. The zero-order valence-corrected chi connectivity index (χ0v) is 11.9. The number of benzene rings is 1. The highest BCUT2D eigenvalue weighted by Crippen LogP contribution is 2.17. The van der Waals surface area contributed by atoms with Gasteiger partial charge in [-0.05, 0) is 6.07 Å². The van der Waals surface area contributed by atoms with Crippen molar-refractivity contribution in [2.45, 2.75) is 6.42 Å². The Bertz CT molecular complexity index is 733. The molecule has 0 saturated heterocycles. The first-order valence-electron chi connectivity index (χ1n) is 6.32. The van der Waals surface area contributed by atoms with Crippen LogP contribution >= 0.6 is 11.3 Å². The molecule has 6 heteroatoms. The van der Waals surface area contributed by atoms with E-state index in [1.54, 1.807) is 21.5 Å². The number of para-hydroxylation sites is 1. The highest BCUT2D eigenvalue weighted by molar-refractivity contribution is 7.07. The van der Waals surface area contributed by atoms with Crippen molar-refractivity contribution < 1.29 is 4.79 Å². The number of amides is 1. The Balaban J connectivity index is 1.72. The fourth-order valence-corrected chi connectivity index (χ4v) is 2.72. The average Bonchev–Trinajstić information content (AvgIpc) is 3.08. The number of thiazole rings is 1. The molecule has 0 saturated carbocycles. The van der Waals surface area contributed by atoms with Gasteiger partial charge in [0.25, 0.3) is 5.91 Å². The van der Waals surface area contributed by atoms with Crippen LogP contribution in [0.4, 0.5) is 0 Å². The van der Waals surface area contributed by atoms with Crippen molar-refractivity contribution in [3.8, 4) is 0 Å². The largest absolute Gasteiger partial charge is 0.350 e. The lowest BCUT2D eigenvalue weighted by molar-refractivity contribution is 0.0950. The van der Waals surface area contributed by atoms with Crippen LogP contribution < -0.4 is 5.32 Å². The number of hydrogen-bond acceptors (Lipinski definition) is 4. The lowest BCUT2D eigenvalue weighted by Gasteiger charge is -2.01. The molecular formula is C14H14N4OS. The van der Waals surface area contributed by atoms with Crippen molar-refractivity contribution in [2.75, 3.05) is 6.54 Å². The first-order chi connectivity index (χ1) is 9.75. The summed E-state index contributed by atoms with van der Waals surface area (Å²) in [6.07, 6.45) is 0.736. The molecule has 0 aliphatic carbocycles. The number of nitrogens with one attached hydrogen (secondary N) is 1. The highest BCUT2D eigenvalue weighted by atomic mass is 32.1. The second-order valence-corrected chi connectivity index (χ2v) is 5.19. The zero-order chi connectivity index (χ0) is 13.9. The third-order valence-corrected chi connectivity index (χ3v) is 3.76. The molecule has 2 aromatic heterocycles. The van der Waals surface area contributed by atoms with Crippen molar-refractivity contribution in [3.05, 3.63) is 46.5 Å². The van der Waals surface area contributed by atoms with Gasteiger partial charge < -0.3 is 5.32 Å². The summed E-state index contributed by atoms with van der Waals surface area (Å²) >= 11 is 1.56. The number of aromatic nitrogens is 3. The van der Waals surface area contributed by atoms with E-state index in [2.05, 4.69) is 15.4 Å². The minimum Gasteiger partial charge on any atom is -0.350 e. The monoisotopic (exact) mass is 286 g/mol. The van der Waals surface area contributed by atoms with Crippen molar-refractivity contribution in [2.24, 2.45) is 7.05 Å². The molecule has 2 heterocycles. The first-order valence-corrected chi connectivity index (χ1v) is 7.27. The van der Waals surface area contributed by atoms with E-state index >= 15 is 0 Å². The Morgan fingerprint density at radius 2 is 2.25 bits per heavy atom. The van der Waals surface area contributed by atoms with Crippen molar-refractivity contribution in [3.63, 3.8) is 0 Å².